The van der Waals surface area contributed by atoms with E-state index in [9.17, 15) is 14.9 Å². The molecule has 3 rings (SSSR count). The molecule has 0 bridgehead atoms. The lowest BCUT2D eigenvalue weighted by Gasteiger charge is -2.15. The molecule has 1 atom stereocenters. The SMILES string of the molecule is Cc1nc(-c2ccccc2)ccc1C(=O)[C@@H](C#N)C(=O)NC1CCCC1. The number of hydrogen-bond donors (Lipinski definition) is 1. The molecule has 0 radical (unpaired) electrons. The fourth-order valence-corrected chi connectivity index (χ4v) is 3.34. The summed E-state index contributed by atoms with van der Waals surface area (Å²) in [4.78, 5) is 29.6. The Labute approximate surface area is 153 Å². The fourth-order valence-electron chi connectivity index (χ4n) is 3.34. The lowest BCUT2D eigenvalue weighted by Crippen LogP contribution is -2.40. The molecule has 1 amide bonds. The van der Waals surface area contributed by atoms with Crippen LogP contribution in [0, 0.1) is 24.2 Å². The van der Waals surface area contributed by atoms with Crippen molar-refractivity contribution in [1.29, 1.82) is 5.26 Å². The first kappa shape index (κ1) is 17.8. The van der Waals surface area contributed by atoms with Crippen LogP contribution in [0.2, 0.25) is 0 Å². The Balaban J connectivity index is 1.79. The average Bonchev–Trinajstić information content (AvgIpc) is 3.15. The molecule has 5 nitrogen and oxygen atoms in total. The molecule has 1 saturated carbocycles. The van der Waals surface area contributed by atoms with Gasteiger partial charge in [0.2, 0.25) is 5.91 Å². The van der Waals surface area contributed by atoms with Gasteiger partial charge in [-0.15, -0.1) is 0 Å². The number of amides is 1. The predicted octanol–water partition coefficient (Wildman–Crippen LogP) is 3.44. The quantitative estimate of drug-likeness (QED) is 0.663. The normalized spacial score (nSPS) is 15.2. The van der Waals surface area contributed by atoms with E-state index in [4.69, 9.17) is 0 Å². The van der Waals surface area contributed by atoms with Gasteiger partial charge >= 0.3 is 0 Å². The molecule has 1 aliphatic carbocycles. The summed E-state index contributed by atoms with van der Waals surface area (Å²) in [6, 6.07) is 15.0. The maximum atomic E-state index is 12.7. The number of nitrogens with one attached hydrogen (secondary N) is 1. The number of rotatable bonds is 5. The van der Waals surface area contributed by atoms with Gasteiger partial charge in [0.25, 0.3) is 0 Å². The summed E-state index contributed by atoms with van der Waals surface area (Å²) in [7, 11) is 0. The maximum Gasteiger partial charge on any atom is 0.245 e. The summed E-state index contributed by atoms with van der Waals surface area (Å²) >= 11 is 0. The Kier molecular flexibility index (Phi) is 5.43. The summed E-state index contributed by atoms with van der Waals surface area (Å²) in [6.07, 6.45) is 3.95. The largest absolute Gasteiger partial charge is 0.352 e. The highest BCUT2D eigenvalue weighted by Crippen LogP contribution is 2.21. The number of aryl methyl sites for hydroxylation is 1. The van der Waals surface area contributed by atoms with E-state index >= 15 is 0 Å². The van der Waals surface area contributed by atoms with E-state index in [1.807, 2.05) is 36.4 Å². The molecule has 1 aromatic carbocycles. The molecule has 0 aliphatic heterocycles. The molecule has 0 saturated heterocycles. The zero-order chi connectivity index (χ0) is 18.5. The van der Waals surface area contributed by atoms with Gasteiger partial charge in [-0.3, -0.25) is 14.6 Å². The first-order valence-electron chi connectivity index (χ1n) is 8.87. The molecule has 5 heteroatoms. The zero-order valence-corrected chi connectivity index (χ0v) is 14.7. The minimum Gasteiger partial charge on any atom is -0.352 e. The molecular weight excluding hydrogens is 326 g/mol. The number of hydrogen-bond acceptors (Lipinski definition) is 4. The molecule has 1 aromatic heterocycles. The first-order chi connectivity index (χ1) is 12.6. The highest BCUT2D eigenvalue weighted by Gasteiger charge is 2.31. The van der Waals surface area contributed by atoms with Gasteiger partial charge in [0.05, 0.1) is 11.8 Å². The smallest absolute Gasteiger partial charge is 0.245 e. The third-order valence-electron chi connectivity index (χ3n) is 4.78. The van der Waals surface area contributed by atoms with Crippen molar-refractivity contribution in [1.82, 2.24) is 10.3 Å². The molecule has 1 aliphatic rings. The monoisotopic (exact) mass is 347 g/mol. The number of carbonyl (C=O) groups is 2. The van der Waals surface area contributed by atoms with Gasteiger partial charge in [0.15, 0.2) is 11.7 Å². The lowest BCUT2D eigenvalue weighted by molar-refractivity contribution is -0.122. The van der Waals surface area contributed by atoms with E-state index in [-0.39, 0.29) is 6.04 Å². The van der Waals surface area contributed by atoms with Crippen molar-refractivity contribution in [3.05, 3.63) is 53.7 Å². The Morgan fingerprint density at radius 2 is 1.85 bits per heavy atom. The van der Waals surface area contributed by atoms with Crippen LogP contribution in [0.25, 0.3) is 11.3 Å². The second-order valence-electron chi connectivity index (χ2n) is 6.61. The highest BCUT2D eigenvalue weighted by atomic mass is 16.2. The van der Waals surface area contributed by atoms with Gasteiger partial charge in [-0.25, -0.2) is 0 Å². The third-order valence-corrected chi connectivity index (χ3v) is 4.78. The highest BCUT2D eigenvalue weighted by molar-refractivity contribution is 6.12. The Bertz CT molecular complexity index is 849. The van der Waals surface area contributed by atoms with Crippen LogP contribution in [0.15, 0.2) is 42.5 Å². The van der Waals surface area contributed by atoms with Gasteiger partial charge in [-0.1, -0.05) is 43.2 Å². The Morgan fingerprint density at radius 1 is 1.15 bits per heavy atom. The van der Waals surface area contributed by atoms with Crippen LogP contribution < -0.4 is 5.32 Å². The first-order valence-corrected chi connectivity index (χ1v) is 8.87. The molecule has 132 valence electrons. The number of nitrogens with zero attached hydrogens (tertiary/aromatic N) is 2. The minimum absolute atomic E-state index is 0.0748. The molecule has 1 N–H and O–H groups in total. The number of nitriles is 1. The number of ketones is 1. The van der Waals surface area contributed by atoms with Crippen molar-refractivity contribution in [2.75, 3.05) is 0 Å². The molecule has 0 spiro atoms. The van der Waals surface area contributed by atoms with Crippen molar-refractivity contribution < 1.29 is 9.59 Å². The number of aromatic nitrogens is 1. The third kappa shape index (κ3) is 3.80. The fraction of sp³-hybridized carbons (Fsp3) is 0.333. The molecule has 26 heavy (non-hydrogen) atoms. The van der Waals surface area contributed by atoms with Crippen LogP contribution in [0.3, 0.4) is 0 Å². The van der Waals surface area contributed by atoms with E-state index < -0.39 is 17.6 Å². The zero-order valence-electron chi connectivity index (χ0n) is 14.7. The predicted molar refractivity (Wildman–Crippen MR) is 98.2 cm³/mol. The topological polar surface area (TPSA) is 82.8 Å². The second-order valence-corrected chi connectivity index (χ2v) is 6.61. The molecule has 0 unspecified atom stereocenters. The summed E-state index contributed by atoms with van der Waals surface area (Å²) in [5, 5.41) is 12.2. The second kappa shape index (κ2) is 7.92. The Hall–Kier alpha value is -3.00. The van der Waals surface area contributed by atoms with Gasteiger partial charge < -0.3 is 5.32 Å². The van der Waals surface area contributed by atoms with Crippen molar-refractivity contribution in [3.63, 3.8) is 0 Å². The van der Waals surface area contributed by atoms with E-state index in [1.165, 1.54) is 0 Å². The van der Waals surface area contributed by atoms with Crippen molar-refractivity contribution in [3.8, 4) is 17.3 Å². The summed E-state index contributed by atoms with van der Waals surface area (Å²) in [6.45, 7) is 1.73. The van der Waals surface area contributed by atoms with Gasteiger partial charge in [-0.05, 0) is 31.9 Å². The van der Waals surface area contributed by atoms with E-state index in [1.54, 1.807) is 19.1 Å². The van der Waals surface area contributed by atoms with Gasteiger partial charge in [0.1, 0.15) is 0 Å². The molecular formula is C21H21N3O2. The average molecular weight is 347 g/mol. The van der Waals surface area contributed by atoms with E-state index in [0.29, 0.717) is 11.3 Å². The van der Waals surface area contributed by atoms with Crippen molar-refractivity contribution >= 4 is 11.7 Å². The standard InChI is InChI=1S/C21H21N3O2/c1-14-17(11-12-19(23-14)15-7-3-2-4-8-15)20(25)18(13-22)21(26)24-16-9-5-6-10-16/h2-4,7-8,11-12,16,18H,5-6,9-10H2,1H3,(H,24,26)/t18-/m1/s1. The van der Waals surface area contributed by atoms with Crippen molar-refractivity contribution in [2.45, 2.75) is 38.6 Å². The van der Waals surface area contributed by atoms with Crippen LogP contribution in [0.1, 0.15) is 41.7 Å². The minimum atomic E-state index is -1.33. The van der Waals surface area contributed by atoms with Gasteiger partial charge in [0, 0.05) is 22.9 Å². The van der Waals surface area contributed by atoms with Crippen LogP contribution in [0.5, 0.6) is 0 Å². The molecule has 1 heterocycles. The lowest BCUT2D eigenvalue weighted by atomic mass is 9.96. The van der Waals surface area contributed by atoms with Crippen LogP contribution in [0.4, 0.5) is 0 Å². The van der Waals surface area contributed by atoms with Crippen LogP contribution >= 0.6 is 0 Å². The number of carbonyl (C=O) groups excluding carboxylic acids is 2. The molecule has 1 fully saturated rings. The summed E-state index contributed by atoms with van der Waals surface area (Å²) in [5.74, 6) is -2.33. The Morgan fingerprint density at radius 3 is 2.46 bits per heavy atom. The van der Waals surface area contributed by atoms with E-state index in [2.05, 4.69) is 10.3 Å². The van der Waals surface area contributed by atoms with Crippen molar-refractivity contribution in [2.24, 2.45) is 5.92 Å². The summed E-state index contributed by atoms with van der Waals surface area (Å²) < 4.78 is 0. The molecule has 2 aromatic rings. The summed E-state index contributed by atoms with van der Waals surface area (Å²) in [5.41, 5.74) is 2.54. The maximum absolute atomic E-state index is 12.7. The number of Topliss-reactive ketones (excluding diaryl/α,β-unsaturated/α-hetero) is 1. The van der Waals surface area contributed by atoms with E-state index in [0.717, 1.165) is 36.9 Å². The number of pyridine rings is 1. The van der Waals surface area contributed by atoms with Gasteiger partial charge in [-0.2, -0.15) is 5.26 Å². The van der Waals surface area contributed by atoms with Crippen LogP contribution in [-0.4, -0.2) is 22.7 Å². The van der Waals surface area contributed by atoms with Crippen LogP contribution in [-0.2, 0) is 4.79 Å². The number of benzene rings is 1.